The third kappa shape index (κ3) is 17.3. The number of hydrogen-bond donors (Lipinski definition) is 2. The predicted molar refractivity (Wildman–Crippen MR) is 303 cm³/mol. The summed E-state index contributed by atoms with van der Waals surface area (Å²) in [5.74, 6) is 6.61. The summed E-state index contributed by atoms with van der Waals surface area (Å²) in [6.45, 7) is 46.4. The first-order valence-electron chi connectivity index (χ1n) is 29.5. The van der Waals surface area contributed by atoms with Gasteiger partial charge in [0.05, 0.1) is 0 Å². The van der Waals surface area contributed by atoms with E-state index in [1.807, 2.05) is 0 Å². The second-order valence-electron chi connectivity index (χ2n) is 28.0. The maximum atomic E-state index is 3.66. The fourth-order valence-electron chi connectivity index (χ4n) is 12.7. The van der Waals surface area contributed by atoms with E-state index in [1.165, 1.54) is 116 Å². The first-order valence-corrected chi connectivity index (χ1v) is 29.5. The summed E-state index contributed by atoms with van der Waals surface area (Å²) in [4.78, 5) is 0. The molecule has 2 aromatic rings. The highest BCUT2D eigenvalue weighted by molar-refractivity contribution is 5.46. The predicted octanol–water partition coefficient (Wildman–Crippen LogP) is 19.1. The molecule has 8 rings (SSSR count). The fourth-order valence-corrected chi connectivity index (χ4v) is 12.7. The molecule has 2 heteroatoms. The normalized spacial score (nSPS) is 21.0. The molecule has 0 bridgehead atoms. The lowest BCUT2D eigenvalue weighted by Crippen LogP contribution is -2.40. The van der Waals surface area contributed by atoms with Crippen LogP contribution in [0.25, 0.3) is 0 Å². The monoisotopic (exact) mass is 937 g/mol. The molecule has 390 valence electrons. The van der Waals surface area contributed by atoms with Gasteiger partial charge in [-0.25, -0.2) is 0 Å². The van der Waals surface area contributed by atoms with E-state index in [0.29, 0.717) is 44.8 Å². The standard InChI is InChI=1S/2C19H28.C10H21N.C9H19N.C9H20/c1-14(2)13-18(8-9-18)16-6-5-7-17(12-16)19(10-11-19)15(3)4;1-14(2)13-18(9-10-18)16-7-5-6-8-17(16)19(11-12-19)15(3)4;1-8(2)7-10(5-6-10)11-9(3)4;1-7(2)9(5-6-9)10-8(3)4;1-8(2)6-5-7-9(3)4/h5-7,12,14-15H,8-11,13H2,1-4H3;5-8,14-15H,9-13H2,1-4H3;8-9,11H,5-7H2,1-4H3;7-8,10H,5-6H2,1-4H3;8-9H,5-7H2,1-4H3. The van der Waals surface area contributed by atoms with E-state index in [4.69, 9.17) is 0 Å². The first kappa shape index (κ1) is 58.9. The van der Waals surface area contributed by atoms with Crippen molar-refractivity contribution in [3.8, 4) is 0 Å². The zero-order chi connectivity index (χ0) is 50.9. The highest BCUT2D eigenvalue weighted by atomic mass is 15.1. The van der Waals surface area contributed by atoms with Crippen LogP contribution in [0.3, 0.4) is 0 Å². The molecule has 0 atom stereocenters. The third-order valence-corrected chi connectivity index (χ3v) is 17.5. The molecule has 2 aromatic carbocycles. The molecule has 0 spiro atoms. The smallest absolute Gasteiger partial charge is 0.0208 e. The fraction of sp³-hybridized carbons (Fsp3) is 0.818. The number of hydrogen-bond acceptors (Lipinski definition) is 2. The average Bonchev–Trinajstić information content (AvgIpc) is 4.01. The van der Waals surface area contributed by atoms with Gasteiger partial charge in [-0.1, -0.05) is 206 Å². The third-order valence-electron chi connectivity index (χ3n) is 17.5. The molecule has 6 saturated carbocycles. The molecule has 68 heavy (non-hydrogen) atoms. The maximum absolute atomic E-state index is 3.66. The number of rotatable bonds is 21. The van der Waals surface area contributed by atoms with Gasteiger partial charge in [0.15, 0.2) is 0 Å². The molecule has 6 fully saturated rings. The van der Waals surface area contributed by atoms with Gasteiger partial charge in [-0.2, -0.15) is 0 Å². The largest absolute Gasteiger partial charge is 0.309 e. The molecule has 0 radical (unpaired) electrons. The topological polar surface area (TPSA) is 24.1 Å². The Hall–Kier alpha value is -1.64. The molecule has 0 saturated heterocycles. The zero-order valence-electron chi connectivity index (χ0n) is 49.1. The summed E-state index contributed by atoms with van der Waals surface area (Å²) in [5.41, 5.74) is 9.83. The second-order valence-corrected chi connectivity index (χ2v) is 28.0. The molecule has 6 aliphatic rings. The van der Waals surface area contributed by atoms with Gasteiger partial charge in [0.2, 0.25) is 0 Å². The molecule has 2 nitrogen and oxygen atoms in total. The van der Waals surface area contributed by atoms with Crippen LogP contribution in [-0.4, -0.2) is 23.2 Å². The lowest BCUT2D eigenvalue weighted by atomic mass is 9.76. The van der Waals surface area contributed by atoms with E-state index in [9.17, 15) is 0 Å². The van der Waals surface area contributed by atoms with Gasteiger partial charge < -0.3 is 10.6 Å². The van der Waals surface area contributed by atoms with Crippen molar-refractivity contribution < 1.29 is 0 Å². The van der Waals surface area contributed by atoms with Crippen LogP contribution >= 0.6 is 0 Å². The minimum Gasteiger partial charge on any atom is -0.309 e. The molecule has 6 aliphatic carbocycles. The van der Waals surface area contributed by atoms with E-state index < -0.39 is 0 Å². The van der Waals surface area contributed by atoms with Crippen LogP contribution in [-0.2, 0) is 21.7 Å². The molecule has 0 amide bonds. The van der Waals surface area contributed by atoms with Gasteiger partial charge in [-0.3, -0.25) is 0 Å². The van der Waals surface area contributed by atoms with Crippen LogP contribution in [0.1, 0.15) is 276 Å². The minimum atomic E-state index is 0.517. The van der Waals surface area contributed by atoms with Gasteiger partial charge in [-0.05, 0) is 188 Å². The Kier molecular flexibility index (Phi) is 21.5. The SMILES string of the molecule is CC(C)CC1(NC(C)C)CC1.CC(C)CC1(c2cccc(C3(C(C)C)CC3)c2)CC1.CC(C)CC1(c2ccccc2C2(C(C)C)CC2)CC1.CC(C)CCCC(C)C.CC(C)NC1(C(C)C)CC1. The molecular weight excluding hydrogens is 821 g/mol. The van der Waals surface area contributed by atoms with E-state index in [-0.39, 0.29) is 0 Å². The summed E-state index contributed by atoms with van der Waals surface area (Å²) in [6, 6.07) is 20.3. The van der Waals surface area contributed by atoms with Crippen molar-refractivity contribution >= 4 is 0 Å². The average molecular weight is 938 g/mol. The second kappa shape index (κ2) is 24.9. The van der Waals surface area contributed by atoms with Crippen molar-refractivity contribution in [3.05, 3.63) is 70.8 Å². The van der Waals surface area contributed by atoms with Crippen molar-refractivity contribution in [2.75, 3.05) is 0 Å². The molecule has 0 aliphatic heterocycles. The van der Waals surface area contributed by atoms with Crippen molar-refractivity contribution in [1.82, 2.24) is 10.6 Å². The van der Waals surface area contributed by atoms with Gasteiger partial charge in [-0.15, -0.1) is 0 Å². The quantitative estimate of drug-likeness (QED) is 0.130. The van der Waals surface area contributed by atoms with E-state index in [2.05, 4.69) is 198 Å². The highest BCUT2D eigenvalue weighted by Gasteiger charge is 2.53. The van der Waals surface area contributed by atoms with Gasteiger partial charge in [0, 0.05) is 23.2 Å². The summed E-state index contributed by atoms with van der Waals surface area (Å²) in [7, 11) is 0. The Balaban J connectivity index is 0.000000193. The van der Waals surface area contributed by atoms with Gasteiger partial charge >= 0.3 is 0 Å². The Morgan fingerprint density at radius 2 is 0.824 bits per heavy atom. The van der Waals surface area contributed by atoms with E-state index in [1.54, 1.807) is 22.3 Å². The van der Waals surface area contributed by atoms with Gasteiger partial charge in [0.25, 0.3) is 0 Å². The maximum Gasteiger partial charge on any atom is 0.0208 e. The van der Waals surface area contributed by atoms with Crippen molar-refractivity contribution in [1.29, 1.82) is 0 Å². The Morgan fingerprint density at radius 3 is 1.16 bits per heavy atom. The number of nitrogens with one attached hydrogen (secondary N) is 2. The van der Waals surface area contributed by atoms with Crippen LogP contribution in [0.5, 0.6) is 0 Å². The van der Waals surface area contributed by atoms with E-state index >= 15 is 0 Å². The first-order chi connectivity index (χ1) is 31.7. The Bertz CT molecular complexity index is 1720. The minimum absolute atomic E-state index is 0.517. The van der Waals surface area contributed by atoms with Crippen molar-refractivity contribution in [2.24, 2.45) is 47.3 Å². The summed E-state index contributed by atoms with van der Waals surface area (Å²) < 4.78 is 0. The van der Waals surface area contributed by atoms with Crippen LogP contribution < -0.4 is 10.6 Å². The van der Waals surface area contributed by atoms with Crippen LogP contribution in [0.4, 0.5) is 0 Å². The van der Waals surface area contributed by atoms with Gasteiger partial charge in [0.1, 0.15) is 0 Å². The highest BCUT2D eigenvalue weighted by Crippen LogP contribution is 2.61. The summed E-state index contributed by atoms with van der Waals surface area (Å²) in [5, 5.41) is 7.29. The zero-order valence-corrected chi connectivity index (χ0v) is 49.1. The van der Waals surface area contributed by atoms with Crippen LogP contribution in [0.15, 0.2) is 48.5 Å². The lowest BCUT2D eigenvalue weighted by Gasteiger charge is -2.28. The Morgan fingerprint density at radius 1 is 0.382 bits per heavy atom. The molecular formula is C66H116N2. The number of benzene rings is 2. The van der Waals surface area contributed by atoms with Crippen LogP contribution in [0, 0.1) is 47.3 Å². The van der Waals surface area contributed by atoms with E-state index in [0.717, 1.165) is 47.3 Å². The lowest BCUT2D eigenvalue weighted by molar-refractivity contribution is 0.351. The summed E-state index contributed by atoms with van der Waals surface area (Å²) >= 11 is 0. The summed E-state index contributed by atoms with van der Waals surface area (Å²) in [6.07, 6.45) is 25.1. The van der Waals surface area contributed by atoms with Crippen LogP contribution in [0.2, 0.25) is 0 Å². The molecule has 0 heterocycles. The molecule has 0 aromatic heterocycles. The molecule has 2 N–H and O–H groups in total. The van der Waals surface area contributed by atoms with Crippen molar-refractivity contribution in [2.45, 2.75) is 299 Å². The molecule has 0 unspecified atom stereocenters. The Labute approximate surface area is 425 Å². The van der Waals surface area contributed by atoms with Crippen molar-refractivity contribution in [3.63, 3.8) is 0 Å².